The third-order valence-electron chi connectivity index (χ3n) is 8.29. The van der Waals surface area contributed by atoms with Crippen molar-refractivity contribution in [1.82, 2.24) is 0 Å². The van der Waals surface area contributed by atoms with Crippen LogP contribution in [-0.4, -0.2) is 80.4 Å². The molecule has 39 heavy (non-hydrogen) atoms. The summed E-state index contributed by atoms with van der Waals surface area (Å²) in [7, 11) is 1.34. The van der Waals surface area contributed by atoms with Crippen molar-refractivity contribution in [2.75, 3.05) is 13.7 Å². The number of rotatable bonds is 5. The summed E-state index contributed by atoms with van der Waals surface area (Å²) < 4.78 is 11.5. The smallest absolute Gasteiger partial charge is 0.202 e. The van der Waals surface area contributed by atoms with Crippen molar-refractivity contribution < 1.29 is 49.4 Å². The zero-order valence-corrected chi connectivity index (χ0v) is 21.5. The van der Waals surface area contributed by atoms with Gasteiger partial charge >= 0.3 is 0 Å². The van der Waals surface area contributed by atoms with Gasteiger partial charge < -0.3 is 40.7 Å². The number of phenols is 2. The van der Waals surface area contributed by atoms with Crippen LogP contribution < -0.4 is 10.5 Å². The van der Waals surface area contributed by atoms with Crippen molar-refractivity contribution in [2.24, 2.45) is 11.7 Å². The molecule has 0 heterocycles. The molecule has 2 aromatic carbocycles. The highest BCUT2D eigenvalue weighted by atomic mass is 16.5. The van der Waals surface area contributed by atoms with Gasteiger partial charge in [0.05, 0.1) is 42.1 Å². The van der Waals surface area contributed by atoms with Gasteiger partial charge in [-0.3, -0.25) is 14.4 Å². The summed E-state index contributed by atoms with van der Waals surface area (Å²) in [5.74, 6) is -3.79. The number of ketones is 3. The minimum Gasteiger partial charge on any atom is -0.507 e. The van der Waals surface area contributed by atoms with E-state index in [0.29, 0.717) is 6.42 Å². The predicted octanol–water partition coefficient (Wildman–Crippen LogP) is 0.665. The van der Waals surface area contributed by atoms with Crippen molar-refractivity contribution in [1.29, 1.82) is 0 Å². The Labute approximate surface area is 223 Å². The molecule has 208 valence electrons. The van der Waals surface area contributed by atoms with Crippen molar-refractivity contribution in [2.45, 2.75) is 62.6 Å². The number of phenolic OH excluding ortho intramolecular Hbond substituents is 2. The molecule has 3 aliphatic rings. The largest absolute Gasteiger partial charge is 0.507 e. The molecule has 1 saturated carbocycles. The third-order valence-corrected chi connectivity index (χ3v) is 8.29. The van der Waals surface area contributed by atoms with Gasteiger partial charge in [-0.25, -0.2) is 0 Å². The van der Waals surface area contributed by atoms with Crippen molar-refractivity contribution >= 4 is 17.3 Å². The molecule has 6 unspecified atom stereocenters. The average molecular weight is 542 g/mol. The first-order chi connectivity index (χ1) is 18.4. The second-order valence-corrected chi connectivity index (χ2v) is 10.7. The molecule has 0 amide bonds. The van der Waals surface area contributed by atoms with E-state index < -0.39 is 89.4 Å². The van der Waals surface area contributed by atoms with Gasteiger partial charge in [0, 0.05) is 35.6 Å². The number of carbonyl (C=O) groups excluding carboxylic acids is 3. The van der Waals surface area contributed by atoms with E-state index in [1.54, 1.807) is 6.92 Å². The van der Waals surface area contributed by atoms with E-state index in [2.05, 4.69) is 0 Å². The third kappa shape index (κ3) is 4.12. The number of fused-ring (bicyclic) bond motifs is 3. The molecule has 0 aromatic heterocycles. The standard InChI is InChI=1S/C28H31NO10/c1-11-6-12(7-15(29)23(11)32)39-17-9-28(37,18(31)10-30)8-14-20(17)27(36)22-21(25(14)34)24(33)13-4-3-5-16(38-2)19(13)26(22)35/h3-5,11-12,15,17,23,30,32,34,36-37H,6-10,29H2,1-2H3. The summed E-state index contributed by atoms with van der Waals surface area (Å²) in [4.78, 5) is 39.8. The van der Waals surface area contributed by atoms with Crippen LogP contribution >= 0.6 is 0 Å². The molecule has 6 atom stereocenters. The molecule has 2 aromatic rings. The fraction of sp³-hybridized carbons (Fsp3) is 0.464. The number of aromatic hydroxyl groups is 2. The molecule has 0 bridgehead atoms. The molecule has 11 nitrogen and oxygen atoms in total. The Morgan fingerprint density at radius 1 is 1.10 bits per heavy atom. The van der Waals surface area contributed by atoms with Gasteiger partial charge in [0.1, 0.15) is 29.5 Å². The van der Waals surface area contributed by atoms with Gasteiger partial charge in [-0.05, 0) is 24.8 Å². The average Bonchev–Trinajstić information content (AvgIpc) is 2.90. The number of ether oxygens (including phenoxy) is 2. The minimum atomic E-state index is -2.19. The first kappa shape index (κ1) is 27.2. The highest BCUT2D eigenvalue weighted by molar-refractivity contribution is 6.31. The van der Waals surface area contributed by atoms with E-state index in [-0.39, 0.29) is 40.3 Å². The molecular formula is C28H31NO10. The maximum atomic E-state index is 13.7. The summed E-state index contributed by atoms with van der Waals surface area (Å²) >= 11 is 0. The van der Waals surface area contributed by atoms with Crippen LogP contribution in [0.25, 0.3) is 0 Å². The second-order valence-electron chi connectivity index (χ2n) is 10.7. The first-order valence-electron chi connectivity index (χ1n) is 12.8. The van der Waals surface area contributed by atoms with Gasteiger partial charge in [-0.1, -0.05) is 19.1 Å². The topological polar surface area (TPSA) is 197 Å². The lowest BCUT2D eigenvalue weighted by molar-refractivity contribution is -0.151. The number of carbonyl (C=O) groups is 3. The Bertz CT molecular complexity index is 1380. The first-order valence-corrected chi connectivity index (χ1v) is 12.8. The number of hydrogen-bond donors (Lipinski definition) is 6. The van der Waals surface area contributed by atoms with E-state index in [1.165, 1.54) is 25.3 Å². The lowest BCUT2D eigenvalue weighted by Crippen LogP contribution is -2.50. The number of hydrogen-bond acceptors (Lipinski definition) is 11. The monoisotopic (exact) mass is 541 g/mol. The van der Waals surface area contributed by atoms with Crippen LogP contribution in [0.3, 0.4) is 0 Å². The zero-order chi connectivity index (χ0) is 28.4. The molecule has 1 fully saturated rings. The van der Waals surface area contributed by atoms with Crippen LogP contribution in [0.5, 0.6) is 17.2 Å². The molecule has 11 heteroatoms. The highest BCUT2D eigenvalue weighted by Gasteiger charge is 2.50. The molecule has 7 N–H and O–H groups in total. The van der Waals surface area contributed by atoms with Gasteiger partial charge in [0.2, 0.25) is 5.78 Å². The van der Waals surface area contributed by atoms with Crippen molar-refractivity contribution in [3.8, 4) is 17.2 Å². The Balaban J connectivity index is 1.69. The Morgan fingerprint density at radius 3 is 2.44 bits per heavy atom. The predicted molar refractivity (Wildman–Crippen MR) is 135 cm³/mol. The molecule has 0 saturated heterocycles. The van der Waals surface area contributed by atoms with Gasteiger partial charge in [0.15, 0.2) is 11.6 Å². The number of nitrogens with two attached hydrogens (primary N) is 1. The van der Waals surface area contributed by atoms with E-state index in [4.69, 9.17) is 15.2 Å². The van der Waals surface area contributed by atoms with Crippen LogP contribution in [0.4, 0.5) is 0 Å². The second kappa shape index (κ2) is 9.68. The van der Waals surface area contributed by atoms with Gasteiger partial charge in [-0.15, -0.1) is 0 Å². The molecule has 3 aliphatic carbocycles. The van der Waals surface area contributed by atoms with Crippen molar-refractivity contribution in [3.05, 3.63) is 51.6 Å². The number of aliphatic hydroxyl groups is 3. The maximum Gasteiger partial charge on any atom is 0.202 e. The quantitative estimate of drug-likeness (QED) is 0.248. The van der Waals surface area contributed by atoms with Crippen LogP contribution in [0, 0.1) is 5.92 Å². The number of benzene rings is 2. The van der Waals surface area contributed by atoms with E-state index in [9.17, 15) is 39.9 Å². The van der Waals surface area contributed by atoms with Crippen LogP contribution in [0.15, 0.2) is 18.2 Å². The van der Waals surface area contributed by atoms with Crippen LogP contribution in [0.1, 0.15) is 75.3 Å². The summed E-state index contributed by atoms with van der Waals surface area (Å²) in [5, 5.41) is 54.0. The SMILES string of the molecule is COc1cccc2c1C(=O)c1c(O)c3c(c(O)c1C2=O)CC(O)(C(=O)CO)CC3OC1CC(C)C(O)C(N)C1. The molecule has 0 spiro atoms. The molecule has 0 aliphatic heterocycles. The fourth-order valence-corrected chi connectivity index (χ4v) is 6.25. The Hall–Kier alpha value is -3.35. The molecular weight excluding hydrogens is 510 g/mol. The van der Waals surface area contributed by atoms with Gasteiger partial charge in [0.25, 0.3) is 0 Å². The minimum absolute atomic E-state index is 0.0319. The lowest BCUT2D eigenvalue weighted by atomic mass is 9.71. The van der Waals surface area contributed by atoms with Crippen molar-refractivity contribution in [3.63, 3.8) is 0 Å². The highest BCUT2D eigenvalue weighted by Crippen LogP contribution is 2.52. The van der Waals surface area contributed by atoms with E-state index >= 15 is 0 Å². The summed E-state index contributed by atoms with van der Waals surface area (Å²) in [6, 6.07) is 3.81. The van der Waals surface area contributed by atoms with Crippen LogP contribution in [0.2, 0.25) is 0 Å². The normalized spacial score (nSPS) is 29.8. The van der Waals surface area contributed by atoms with Gasteiger partial charge in [-0.2, -0.15) is 0 Å². The van der Waals surface area contributed by atoms with E-state index in [0.717, 1.165) is 0 Å². The molecule has 0 radical (unpaired) electrons. The summed E-state index contributed by atoms with van der Waals surface area (Å²) in [6.07, 6.45) is -2.82. The number of methoxy groups -OCH3 is 1. The molecule has 5 rings (SSSR count). The van der Waals surface area contributed by atoms with E-state index in [1.807, 2.05) is 0 Å². The fourth-order valence-electron chi connectivity index (χ4n) is 6.25. The maximum absolute atomic E-state index is 13.7. The lowest BCUT2D eigenvalue weighted by Gasteiger charge is -2.42. The number of Topliss-reactive ketones (excluding diaryl/α,β-unsaturated/α-hetero) is 1. The Morgan fingerprint density at radius 2 is 1.79 bits per heavy atom. The summed E-state index contributed by atoms with van der Waals surface area (Å²) in [5.41, 5.74) is 2.76. The Kier molecular flexibility index (Phi) is 6.76. The zero-order valence-electron chi connectivity index (χ0n) is 21.5. The summed E-state index contributed by atoms with van der Waals surface area (Å²) in [6.45, 7) is 0.813. The number of aliphatic hydroxyl groups excluding tert-OH is 2. The van der Waals surface area contributed by atoms with Crippen LogP contribution in [-0.2, 0) is 16.0 Å².